The minimum atomic E-state index is -0.356. The summed E-state index contributed by atoms with van der Waals surface area (Å²) in [6.45, 7) is 11.3. The van der Waals surface area contributed by atoms with Gasteiger partial charge in [0.15, 0.2) is 0 Å². The lowest BCUT2D eigenvalue weighted by molar-refractivity contribution is -0.140. The van der Waals surface area contributed by atoms with Crippen LogP contribution in [-0.4, -0.2) is 19.2 Å². The first kappa shape index (κ1) is 11.8. The Morgan fingerprint density at radius 1 is 1.54 bits per heavy atom. The molecule has 0 aromatic carbocycles. The smallest absolute Gasteiger partial charge is 0.333 e. The zero-order chi connectivity index (χ0) is 10.3. The first-order valence-electron chi connectivity index (χ1n) is 4.13. The van der Waals surface area contributed by atoms with Crippen LogP contribution in [0.4, 0.5) is 0 Å². The molecule has 0 spiro atoms. The van der Waals surface area contributed by atoms with E-state index in [2.05, 4.69) is 13.2 Å². The molecule has 0 aromatic rings. The van der Waals surface area contributed by atoms with Crippen LogP contribution in [0.3, 0.4) is 0 Å². The lowest BCUT2D eigenvalue weighted by Gasteiger charge is -2.11. The van der Waals surface area contributed by atoms with Gasteiger partial charge in [-0.25, -0.2) is 4.79 Å². The van der Waals surface area contributed by atoms with Crippen molar-refractivity contribution in [3.8, 4) is 0 Å². The number of carbonyl (C=O) groups excluding carboxylic acids is 1. The summed E-state index contributed by atoms with van der Waals surface area (Å²) in [5, 5.41) is 0. The molecule has 1 unspecified atom stereocenters. The van der Waals surface area contributed by atoms with Crippen LogP contribution in [0.25, 0.3) is 0 Å². The van der Waals surface area contributed by atoms with E-state index in [1.165, 1.54) is 6.26 Å². The summed E-state index contributed by atoms with van der Waals surface area (Å²) in [6.07, 6.45) is 1.37. The molecule has 0 aromatic heterocycles. The molecule has 0 amide bonds. The summed E-state index contributed by atoms with van der Waals surface area (Å²) in [5.41, 5.74) is 0.414. The number of esters is 1. The van der Waals surface area contributed by atoms with Crippen LogP contribution in [0.1, 0.15) is 13.8 Å². The molecule has 0 aliphatic heterocycles. The van der Waals surface area contributed by atoms with E-state index in [4.69, 9.17) is 9.47 Å². The quantitative estimate of drug-likeness (QED) is 0.359. The Labute approximate surface area is 79.0 Å². The van der Waals surface area contributed by atoms with Crippen LogP contribution in [0.5, 0.6) is 0 Å². The van der Waals surface area contributed by atoms with Gasteiger partial charge in [0, 0.05) is 11.5 Å². The van der Waals surface area contributed by atoms with E-state index < -0.39 is 0 Å². The largest absolute Gasteiger partial charge is 0.501 e. The molecule has 0 aliphatic rings. The van der Waals surface area contributed by atoms with Crippen molar-refractivity contribution in [3.63, 3.8) is 0 Å². The lowest BCUT2D eigenvalue weighted by atomic mass is 10.2. The monoisotopic (exact) mass is 184 g/mol. The zero-order valence-electron chi connectivity index (χ0n) is 8.21. The molecule has 74 valence electrons. The molecule has 0 fully saturated rings. The number of rotatable bonds is 6. The highest BCUT2D eigenvalue weighted by Crippen LogP contribution is 2.00. The van der Waals surface area contributed by atoms with Crippen molar-refractivity contribution in [2.75, 3.05) is 13.2 Å². The van der Waals surface area contributed by atoms with E-state index in [9.17, 15) is 4.79 Å². The van der Waals surface area contributed by atoms with Gasteiger partial charge in [0.1, 0.15) is 0 Å². The summed E-state index contributed by atoms with van der Waals surface area (Å²) >= 11 is 0. The molecule has 0 aliphatic carbocycles. The molecule has 0 radical (unpaired) electrons. The lowest BCUT2D eigenvalue weighted by Crippen LogP contribution is -2.15. The average molecular weight is 184 g/mol. The standard InChI is InChI=1S/C10H16O3/c1-5-12-6-9(4)7-13-10(11)8(2)3/h5,9H,1-2,6-7H2,3-4H3. The fourth-order valence-electron chi connectivity index (χ4n) is 0.622. The average Bonchev–Trinajstić information content (AvgIpc) is 2.10. The highest BCUT2D eigenvalue weighted by molar-refractivity contribution is 5.86. The Kier molecular flexibility index (Phi) is 5.68. The normalized spacial score (nSPS) is 11.5. The number of ether oxygens (including phenoxy) is 2. The minimum Gasteiger partial charge on any atom is -0.501 e. The summed E-state index contributed by atoms with van der Waals surface area (Å²) in [5.74, 6) is -0.188. The van der Waals surface area contributed by atoms with Crippen molar-refractivity contribution in [1.82, 2.24) is 0 Å². The highest BCUT2D eigenvalue weighted by atomic mass is 16.5. The van der Waals surface area contributed by atoms with Crippen molar-refractivity contribution in [2.45, 2.75) is 13.8 Å². The van der Waals surface area contributed by atoms with Crippen molar-refractivity contribution in [3.05, 3.63) is 25.0 Å². The van der Waals surface area contributed by atoms with Gasteiger partial charge in [-0.2, -0.15) is 0 Å². The third-order valence-electron chi connectivity index (χ3n) is 1.35. The second-order valence-corrected chi connectivity index (χ2v) is 2.98. The van der Waals surface area contributed by atoms with E-state index in [1.54, 1.807) is 6.92 Å². The Bertz CT molecular complexity index is 196. The molecular formula is C10H16O3. The zero-order valence-corrected chi connectivity index (χ0v) is 8.21. The van der Waals surface area contributed by atoms with Gasteiger partial charge in [-0.3, -0.25) is 0 Å². The molecule has 3 heteroatoms. The number of carbonyl (C=O) groups is 1. The summed E-state index contributed by atoms with van der Waals surface area (Å²) < 4.78 is 9.85. The first-order valence-corrected chi connectivity index (χ1v) is 4.13. The Morgan fingerprint density at radius 2 is 2.15 bits per heavy atom. The van der Waals surface area contributed by atoms with Gasteiger partial charge in [-0.05, 0) is 6.92 Å². The van der Waals surface area contributed by atoms with E-state index in [1.807, 2.05) is 6.92 Å². The second-order valence-electron chi connectivity index (χ2n) is 2.98. The van der Waals surface area contributed by atoms with Gasteiger partial charge in [0.2, 0.25) is 0 Å². The number of hydrogen-bond acceptors (Lipinski definition) is 3. The molecule has 13 heavy (non-hydrogen) atoms. The summed E-state index contributed by atoms with van der Waals surface area (Å²) in [6, 6.07) is 0. The van der Waals surface area contributed by atoms with Crippen LogP contribution in [0.2, 0.25) is 0 Å². The molecule has 0 saturated carbocycles. The maximum absolute atomic E-state index is 10.9. The molecule has 0 bridgehead atoms. The third kappa shape index (κ3) is 5.96. The van der Waals surface area contributed by atoms with Crippen molar-refractivity contribution in [2.24, 2.45) is 5.92 Å². The topological polar surface area (TPSA) is 35.5 Å². The van der Waals surface area contributed by atoms with Gasteiger partial charge in [0.25, 0.3) is 0 Å². The van der Waals surface area contributed by atoms with Gasteiger partial charge in [0.05, 0.1) is 19.5 Å². The molecule has 0 heterocycles. The molecule has 0 rings (SSSR count). The van der Waals surface area contributed by atoms with E-state index in [0.717, 1.165) is 0 Å². The molecular weight excluding hydrogens is 168 g/mol. The molecule has 0 saturated heterocycles. The molecule has 1 atom stereocenters. The number of hydrogen-bond donors (Lipinski definition) is 0. The van der Waals surface area contributed by atoms with Crippen LogP contribution in [0, 0.1) is 5.92 Å². The van der Waals surface area contributed by atoms with Gasteiger partial charge in [-0.15, -0.1) is 0 Å². The minimum absolute atomic E-state index is 0.168. The van der Waals surface area contributed by atoms with Crippen LogP contribution in [0.15, 0.2) is 25.0 Å². The van der Waals surface area contributed by atoms with Gasteiger partial charge < -0.3 is 9.47 Å². The fraction of sp³-hybridized carbons (Fsp3) is 0.500. The fourth-order valence-corrected chi connectivity index (χ4v) is 0.622. The predicted octanol–water partition coefficient (Wildman–Crippen LogP) is 1.90. The Morgan fingerprint density at radius 3 is 2.62 bits per heavy atom. The van der Waals surface area contributed by atoms with E-state index in [0.29, 0.717) is 18.8 Å². The third-order valence-corrected chi connectivity index (χ3v) is 1.35. The SMILES string of the molecule is C=COCC(C)COC(=O)C(=C)C. The summed E-state index contributed by atoms with van der Waals surface area (Å²) in [4.78, 5) is 10.9. The Balaban J connectivity index is 3.57. The first-order chi connectivity index (χ1) is 6.07. The van der Waals surface area contributed by atoms with Gasteiger partial charge in [-0.1, -0.05) is 20.1 Å². The Hall–Kier alpha value is -1.25. The summed E-state index contributed by atoms with van der Waals surface area (Å²) in [7, 11) is 0. The van der Waals surface area contributed by atoms with Crippen molar-refractivity contribution >= 4 is 5.97 Å². The predicted molar refractivity (Wildman–Crippen MR) is 51.1 cm³/mol. The van der Waals surface area contributed by atoms with Crippen molar-refractivity contribution in [1.29, 1.82) is 0 Å². The highest BCUT2D eigenvalue weighted by Gasteiger charge is 2.07. The second kappa shape index (κ2) is 6.29. The van der Waals surface area contributed by atoms with Crippen LogP contribution >= 0.6 is 0 Å². The van der Waals surface area contributed by atoms with Crippen LogP contribution < -0.4 is 0 Å². The maximum Gasteiger partial charge on any atom is 0.333 e. The van der Waals surface area contributed by atoms with Crippen LogP contribution in [-0.2, 0) is 14.3 Å². The van der Waals surface area contributed by atoms with E-state index in [-0.39, 0.29) is 11.9 Å². The van der Waals surface area contributed by atoms with Gasteiger partial charge >= 0.3 is 5.97 Å². The maximum atomic E-state index is 10.9. The van der Waals surface area contributed by atoms with E-state index >= 15 is 0 Å². The molecule has 3 nitrogen and oxygen atoms in total. The van der Waals surface area contributed by atoms with Crippen molar-refractivity contribution < 1.29 is 14.3 Å². The molecule has 0 N–H and O–H groups in total.